The Morgan fingerprint density at radius 1 is 1.21 bits per heavy atom. The number of nitrogens with zero attached hydrogens (tertiary/aromatic N) is 1. The van der Waals surface area contributed by atoms with Crippen LogP contribution in [0.4, 0.5) is 4.39 Å². The van der Waals surface area contributed by atoms with Gasteiger partial charge in [-0.3, -0.25) is 4.79 Å². The Bertz CT molecular complexity index is 875. The summed E-state index contributed by atoms with van der Waals surface area (Å²) in [7, 11) is 1.57. The van der Waals surface area contributed by atoms with Crippen molar-refractivity contribution >= 4 is 5.91 Å². The zero-order valence-electron chi connectivity index (χ0n) is 16.2. The number of benzene rings is 2. The summed E-state index contributed by atoms with van der Waals surface area (Å²) in [6.07, 6.45) is -1.44. The molecule has 2 aliphatic heterocycles. The number of ether oxygens (including phenoxy) is 2. The maximum Gasteiger partial charge on any atom is 0.252 e. The molecule has 3 N–H and O–H groups in total. The van der Waals surface area contributed by atoms with E-state index in [2.05, 4.69) is 0 Å². The highest BCUT2D eigenvalue weighted by molar-refractivity contribution is 5.82. The van der Waals surface area contributed by atoms with Crippen molar-refractivity contribution in [3.05, 3.63) is 71.0 Å². The maximum atomic E-state index is 13.5. The van der Waals surface area contributed by atoms with Crippen LogP contribution in [0.15, 0.2) is 48.5 Å². The summed E-state index contributed by atoms with van der Waals surface area (Å²) < 4.78 is 24.6. The molecular weight excluding hydrogens is 375 g/mol. The van der Waals surface area contributed by atoms with Gasteiger partial charge in [-0.05, 0) is 28.8 Å². The first-order valence-electron chi connectivity index (χ1n) is 9.72. The first-order chi connectivity index (χ1) is 14.0. The number of nitrogens with two attached hydrogens (primary N) is 1. The summed E-state index contributed by atoms with van der Waals surface area (Å²) in [6, 6.07) is 12.8. The first kappa shape index (κ1) is 20.0. The van der Waals surface area contributed by atoms with Crippen LogP contribution < -0.4 is 5.73 Å². The van der Waals surface area contributed by atoms with Crippen molar-refractivity contribution in [1.29, 1.82) is 0 Å². The van der Waals surface area contributed by atoms with Crippen LogP contribution in [0.3, 0.4) is 0 Å². The third-order valence-electron chi connectivity index (χ3n) is 5.80. The molecule has 29 heavy (non-hydrogen) atoms. The Hall–Kier alpha value is -2.32. The quantitative estimate of drug-likeness (QED) is 0.822. The number of carbonyl (C=O) groups is 1. The van der Waals surface area contributed by atoms with E-state index in [-0.39, 0.29) is 37.0 Å². The molecule has 0 spiro atoms. The number of methoxy groups -OCH3 is 1. The van der Waals surface area contributed by atoms with Crippen LogP contribution in [0.5, 0.6) is 0 Å². The molecule has 2 aromatic rings. The SMILES string of the molecule is CO[C@H]1CO[C@@H](C(=O)N2C[C@@H](O)c3ccccc3[C@@H]2c2ccc(F)cc2)C[C@@H]1N. The fraction of sp³-hybridized carbons (Fsp3) is 0.409. The van der Waals surface area contributed by atoms with Crippen LogP contribution >= 0.6 is 0 Å². The van der Waals surface area contributed by atoms with E-state index in [1.807, 2.05) is 24.3 Å². The molecule has 2 heterocycles. The summed E-state index contributed by atoms with van der Waals surface area (Å²) in [5, 5.41) is 10.7. The van der Waals surface area contributed by atoms with Crippen LogP contribution in [0.25, 0.3) is 0 Å². The molecule has 6 nitrogen and oxygen atoms in total. The second-order valence-corrected chi connectivity index (χ2v) is 7.59. The molecule has 0 saturated carbocycles. The molecule has 0 aliphatic carbocycles. The van der Waals surface area contributed by atoms with Gasteiger partial charge in [0.25, 0.3) is 5.91 Å². The lowest BCUT2D eigenvalue weighted by Crippen LogP contribution is -2.54. The summed E-state index contributed by atoms with van der Waals surface area (Å²) >= 11 is 0. The average molecular weight is 400 g/mol. The molecule has 0 unspecified atom stereocenters. The molecule has 1 saturated heterocycles. The third kappa shape index (κ3) is 3.79. The number of amides is 1. The fourth-order valence-corrected chi connectivity index (χ4v) is 4.24. The lowest BCUT2D eigenvalue weighted by Gasteiger charge is -2.42. The monoisotopic (exact) mass is 400 g/mol. The molecule has 1 amide bonds. The molecule has 0 radical (unpaired) electrons. The largest absolute Gasteiger partial charge is 0.387 e. The van der Waals surface area contributed by atoms with Crippen molar-refractivity contribution in [2.45, 2.75) is 36.8 Å². The standard InChI is InChI=1S/C22H25FN2O4/c1-28-20-12-29-19(10-17(20)24)22(27)25-11-18(26)15-4-2-3-5-16(15)21(25)13-6-8-14(23)9-7-13/h2-9,17-21,26H,10-12,24H2,1H3/t17-,18+,19+,20-,21-/m0/s1. The van der Waals surface area contributed by atoms with E-state index in [1.165, 1.54) is 12.1 Å². The zero-order chi connectivity index (χ0) is 20.5. The number of fused-ring (bicyclic) bond motifs is 1. The van der Waals surface area contributed by atoms with Crippen molar-refractivity contribution in [2.75, 3.05) is 20.3 Å². The van der Waals surface area contributed by atoms with E-state index >= 15 is 0 Å². The minimum atomic E-state index is -0.809. The van der Waals surface area contributed by atoms with E-state index in [0.29, 0.717) is 6.42 Å². The summed E-state index contributed by atoms with van der Waals surface area (Å²) in [6.45, 7) is 0.364. The van der Waals surface area contributed by atoms with Gasteiger partial charge in [0.1, 0.15) is 11.9 Å². The van der Waals surface area contributed by atoms with E-state index < -0.39 is 18.2 Å². The van der Waals surface area contributed by atoms with Gasteiger partial charge in [0, 0.05) is 19.6 Å². The second kappa shape index (κ2) is 8.20. The lowest BCUT2D eigenvalue weighted by atomic mass is 9.86. The fourth-order valence-electron chi connectivity index (χ4n) is 4.24. The van der Waals surface area contributed by atoms with E-state index in [1.54, 1.807) is 24.1 Å². The van der Waals surface area contributed by atoms with Crippen molar-refractivity contribution < 1.29 is 23.8 Å². The van der Waals surface area contributed by atoms with E-state index in [0.717, 1.165) is 16.7 Å². The Morgan fingerprint density at radius 2 is 1.90 bits per heavy atom. The van der Waals surface area contributed by atoms with Gasteiger partial charge in [0.15, 0.2) is 0 Å². The molecule has 1 fully saturated rings. The number of rotatable bonds is 3. The van der Waals surface area contributed by atoms with Gasteiger partial charge in [-0.15, -0.1) is 0 Å². The number of hydrogen-bond acceptors (Lipinski definition) is 5. The van der Waals surface area contributed by atoms with Crippen molar-refractivity contribution in [2.24, 2.45) is 5.73 Å². The van der Waals surface area contributed by atoms with Gasteiger partial charge in [0.05, 0.1) is 31.4 Å². The van der Waals surface area contributed by atoms with Crippen molar-refractivity contribution in [3.63, 3.8) is 0 Å². The minimum absolute atomic E-state index is 0.126. The molecule has 5 atom stereocenters. The average Bonchev–Trinajstić information content (AvgIpc) is 2.74. The van der Waals surface area contributed by atoms with Crippen LogP contribution in [0.1, 0.15) is 35.3 Å². The van der Waals surface area contributed by atoms with Gasteiger partial charge in [-0.1, -0.05) is 36.4 Å². The normalized spacial score (nSPS) is 29.4. The highest BCUT2D eigenvalue weighted by Gasteiger charge is 2.41. The summed E-state index contributed by atoms with van der Waals surface area (Å²) in [5.41, 5.74) is 8.51. The van der Waals surface area contributed by atoms with Gasteiger partial charge in [-0.2, -0.15) is 0 Å². The Balaban J connectivity index is 1.69. The van der Waals surface area contributed by atoms with E-state index in [4.69, 9.17) is 15.2 Å². The Kier molecular flexibility index (Phi) is 5.65. The molecule has 2 aliphatic rings. The molecule has 0 aromatic heterocycles. The third-order valence-corrected chi connectivity index (χ3v) is 5.80. The number of aliphatic hydroxyl groups excluding tert-OH is 1. The van der Waals surface area contributed by atoms with Crippen LogP contribution in [0, 0.1) is 5.82 Å². The molecule has 2 aromatic carbocycles. The van der Waals surface area contributed by atoms with Crippen LogP contribution in [0.2, 0.25) is 0 Å². The van der Waals surface area contributed by atoms with E-state index in [9.17, 15) is 14.3 Å². The Labute approximate surface area is 169 Å². The van der Waals surface area contributed by atoms with Crippen molar-refractivity contribution in [1.82, 2.24) is 4.90 Å². The number of halogens is 1. The molecule has 4 rings (SSSR count). The number of β-amino-alcohol motifs (C(OH)–C–C–N with tert-alkyl or cyclic N) is 1. The molecular formula is C22H25FN2O4. The zero-order valence-corrected chi connectivity index (χ0v) is 16.2. The number of aliphatic hydroxyl groups is 1. The molecule has 7 heteroatoms. The van der Waals surface area contributed by atoms with Crippen LogP contribution in [-0.2, 0) is 14.3 Å². The highest BCUT2D eigenvalue weighted by Crippen LogP contribution is 2.40. The van der Waals surface area contributed by atoms with Gasteiger partial charge in [0.2, 0.25) is 0 Å². The molecule has 0 bridgehead atoms. The number of hydrogen-bond donors (Lipinski definition) is 2. The van der Waals surface area contributed by atoms with Crippen molar-refractivity contribution in [3.8, 4) is 0 Å². The van der Waals surface area contributed by atoms with Gasteiger partial charge in [-0.25, -0.2) is 4.39 Å². The predicted octanol–water partition coefficient (Wildman–Crippen LogP) is 1.92. The highest BCUT2D eigenvalue weighted by atomic mass is 19.1. The van der Waals surface area contributed by atoms with Crippen LogP contribution in [-0.4, -0.2) is 54.4 Å². The van der Waals surface area contributed by atoms with Gasteiger partial charge >= 0.3 is 0 Å². The van der Waals surface area contributed by atoms with Gasteiger partial charge < -0.3 is 25.2 Å². The maximum absolute atomic E-state index is 13.5. The first-order valence-corrected chi connectivity index (χ1v) is 9.72. The summed E-state index contributed by atoms with van der Waals surface area (Å²) in [5.74, 6) is -0.583. The second-order valence-electron chi connectivity index (χ2n) is 7.59. The predicted molar refractivity (Wildman–Crippen MR) is 104 cm³/mol. The lowest BCUT2D eigenvalue weighted by molar-refractivity contribution is -0.158. The Morgan fingerprint density at radius 3 is 2.55 bits per heavy atom. The number of carbonyl (C=O) groups excluding carboxylic acids is 1. The topological polar surface area (TPSA) is 85.0 Å². The molecule has 154 valence electrons. The summed E-state index contributed by atoms with van der Waals surface area (Å²) in [4.78, 5) is 15.0. The smallest absolute Gasteiger partial charge is 0.252 e. The minimum Gasteiger partial charge on any atom is -0.387 e.